The first-order chi connectivity index (χ1) is 11.2. The van der Waals surface area contributed by atoms with E-state index in [1.807, 2.05) is 14.0 Å². The van der Waals surface area contributed by atoms with Crippen molar-refractivity contribution in [2.24, 2.45) is 10.9 Å². The lowest BCUT2D eigenvalue weighted by atomic mass is 9.97. The molecule has 0 spiro atoms. The van der Waals surface area contributed by atoms with Crippen LogP contribution in [0.4, 0.5) is 0 Å². The summed E-state index contributed by atoms with van der Waals surface area (Å²) in [7, 11) is 1.82. The minimum absolute atomic E-state index is 0. The van der Waals surface area contributed by atoms with Crippen LogP contribution in [-0.4, -0.2) is 50.1 Å². The molecule has 0 aromatic rings. The number of piperidine rings is 1. The number of rotatable bonds is 5. The van der Waals surface area contributed by atoms with Gasteiger partial charge in [0.25, 0.3) is 0 Å². The molecule has 1 fully saturated rings. The van der Waals surface area contributed by atoms with Gasteiger partial charge in [-0.3, -0.25) is 9.79 Å². The highest BCUT2D eigenvalue weighted by atomic mass is 127. The zero-order valence-electron chi connectivity index (χ0n) is 15.1. The van der Waals surface area contributed by atoms with Crippen molar-refractivity contribution in [3.05, 3.63) is 11.6 Å². The predicted molar refractivity (Wildman–Crippen MR) is 109 cm³/mol. The van der Waals surface area contributed by atoms with Crippen molar-refractivity contribution in [2.75, 3.05) is 33.3 Å². The minimum atomic E-state index is -0.0694. The summed E-state index contributed by atoms with van der Waals surface area (Å²) in [5, 5.41) is 3.46. The number of likely N-dealkylation sites (tertiary alicyclic amines) is 1. The zero-order chi connectivity index (χ0) is 16.5. The second kappa shape index (κ2) is 11.7. The highest BCUT2D eigenvalue weighted by molar-refractivity contribution is 14.0. The van der Waals surface area contributed by atoms with E-state index < -0.39 is 0 Å². The lowest BCUT2D eigenvalue weighted by Crippen LogP contribution is -2.48. The Morgan fingerprint density at radius 3 is 2.92 bits per heavy atom. The number of hydrogen-bond acceptors (Lipinski definition) is 3. The number of esters is 1. The Kier molecular flexibility index (Phi) is 10.4. The average Bonchev–Trinajstić information content (AvgIpc) is 2.60. The van der Waals surface area contributed by atoms with E-state index in [2.05, 4.69) is 21.3 Å². The van der Waals surface area contributed by atoms with E-state index in [-0.39, 0.29) is 35.9 Å². The van der Waals surface area contributed by atoms with Crippen LogP contribution in [0.1, 0.15) is 51.9 Å². The van der Waals surface area contributed by atoms with Gasteiger partial charge in [-0.05, 0) is 51.9 Å². The molecule has 1 aliphatic carbocycles. The third-order valence-corrected chi connectivity index (χ3v) is 4.67. The van der Waals surface area contributed by atoms with E-state index in [1.165, 1.54) is 25.7 Å². The highest BCUT2D eigenvalue weighted by Crippen LogP contribution is 2.20. The monoisotopic (exact) mass is 449 g/mol. The van der Waals surface area contributed by atoms with Crippen molar-refractivity contribution in [3.63, 3.8) is 0 Å². The van der Waals surface area contributed by atoms with Crippen LogP contribution in [0.25, 0.3) is 0 Å². The number of ether oxygens (including phenoxy) is 1. The highest BCUT2D eigenvalue weighted by Gasteiger charge is 2.28. The number of hydrogen-bond donors (Lipinski definition) is 1. The molecule has 0 aromatic heterocycles. The fourth-order valence-corrected chi connectivity index (χ4v) is 3.42. The first-order valence-electron chi connectivity index (χ1n) is 9.04. The quantitative estimate of drug-likeness (QED) is 0.230. The standard InChI is InChI=1S/C18H31N3O2.HI/c1-3-23-17(22)16-10-7-13-21(14-16)18(19-2)20-12-11-15-8-5-4-6-9-15;/h8,16H,3-7,9-14H2,1-2H3,(H,19,20);1H. The average molecular weight is 449 g/mol. The summed E-state index contributed by atoms with van der Waals surface area (Å²) in [5.74, 6) is 0.818. The second-order valence-electron chi connectivity index (χ2n) is 6.37. The van der Waals surface area contributed by atoms with Gasteiger partial charge in [0, 0.05) is 26.7 Å². The smallest absolute Gasteiger partial charge is 0.310 e. The van der Waals surface area contributed by atoms with Gasteiger partial charge in [-0.25, -0.2) is 0 Å². The van der Waals surface area contributed by atoms with Crippen molar-refractivity contribution in [1.82, 2.24) is 10.2 Å². The molecule has 1 aliphatic heterocycles. The molecular formula is C18H32IN3O2. The summed E-state index contributed by atoms with van der Waals surface area (Å²) < 4.78 is 5.17. The normalized spacial score (nSPS) is 21.6. The van der Waals surface area contributed by atoms with Crippen molar-refractivity contribution in [2.45, 2.75) is 51.9 Å². The predicted octanol–water partition coefficient (Wildman–Crippen LogP) is 3.35. The van der Waals surface area contributed by atoms with Crippen LogP contribution in [-0.2, 0) is 9.53 Å². The van der Waals surface area contributed by atoms with E-state index in [0.717, 1.165) is 38.3 Å². The molecule has 2 aliphatic rings. The fourth-order valence-electron chi connectivity index (χ4n) is 3.42. The molecule has 0 aromatic carbocycles. The van der Waals surface area contributed by atoms with Gasteiger partial charge in [0.1, 0.15) is 0 Å². The fraction of sp³-hybridized carbons (Fsp3) is 0.778. The third-order valence-electron chi connectivity index (χ3n) is 4.67. The van der Waals surface area contributed by atoms with Gasteiger partial charge < -0.3 is 15.0 Å². The van der Waals surface area contributed by atoms with Crippen LogP contribution in [0.3, 0.4) is 0 Å². The van der Waals surface area contributed by atoms with Gasteiger partial charge in [-0.15, -0.1) is 24.0 Å². The van der Waals surface area contributed by atoms with Crippen LogP contribution >= 0.6 is 24.0 Å². The molecule has 2 rings (SSSR count). The first-order valence-corrected chi connectivity index (χ1v) is 9.04. The number of aliphatic imine (C=N–C) groups is 1. The molecule has 1 N–H and O–H groups in total. The van der Waals surface area contributed by atoms with Crippen molar-refractivity contribution >= 4 is 35.9 Å². The van der Waals surface area contributed by atoms with E-state index in [4.69, 9.17) is 4.74 Å². The molecule has 5 nitrogen and oxygen atoms in total. The molecule has 24 heavy (non-hydrogen) atoms. The number of halogens is 1. The zero-order valence-corrected chi connectivity index (χ0v) is 17.4. The van der Waals surface area contributed by atoms with Crippen LogP contribution in [0.5, 0.6) is 0 Å². The SMILES string of the molecule is CCOC(=O)C1CCCN(C(=NC)NCCC2=CCCCC2)C1.I. The molecule has 0 radical (unpaired) electrons. The number of carbonyl (C=O) groups excluding carboxylic acids is 1. The van der Waals surface area contributed by atoms with Crippen molar-refractivity contribution in [3.8, 4) is 0 Å². The summed E-state index contributed by atoms with van der Waals surface area (Å²) in [6, 6.07) is 0. The van der Waals surface area contributed by atoms with Crippen LogP contribution in [0, 0.1) is 5.92 Å². The molecule has 0 saturated carbocycles. The van der Waals surface area contributed by atoms with E-state index >= 15 is 0 Å². The second-order valence-corrected chi connectivity index (χ2v) is 6.37. The topological polar surface area (TPSA) is 53.9 Å². The minimum Gasteiger partial charge on any atom is -0.466 e. The van der Waals surface area contributed by atoms with Gasteiger partial charge >= 0.3 is 5.97 Å². The molecule has 1 saturated heterocycles. The van der Waals surface area contributed by atoms with E-state index in [9.17, 15) is 4.79 Å². The lowest BCUT2D eigenvalue weighted by Gasteiger charge is -2.34. The Hall–Kier alpha value is -0.790. The third kappa shape index (κ3) is 6.61. The molecular weight excluding hydrogens is 417 g/mol. The maximum absolute atomic E-state index is 12.0. The van der Waals surface area contributed by atoms with Gasteiger partial charge in [0.05, 0.1) is 12.5 Å². The maximum atomic E-state index is 12.0. The Balaban J connectivity index is 0.00000288. The Morgan fingerprint density at radius 2 is 2.25 bits per heavy atom. The Bertz CT molecular complexity index is 452. The summed E-state index contributed by atoms with van der Waals surface area (Å²) in [4.78, 5) is 18.5. The Labute approximate surface area is 163 Å². The van der Waals surface area contributed by atoms with Gasteiger partial charge in [0.2, 0.25) is 0 Å². The molecule has 0 amide bonds. The van der Waals surface area contributed by atoms with Crippen LogP contribution < -0.4 is 5.32 Å². The molecule has 1 heterocycles. The first kappa shape index (κ1) is 21.3. The Morgan fingerprint density at radius 1 is 1.42 bits per heavy atom. The van der Waals surface area contributed by atoms with Crippen molar-refractivity contribution in [1.29, 1.82) is 0 Å². The summed E-state index contributed by atoms with van der Waals surface area (Å²) in [5.41, 5.74) is 1.57. The number of carbonyl (C=O) groups is 1. The number of nitrogens with zero attached hydrogens (tertiary/aromatic N) is 2. The lowest BCUT2D eigenvalue weighted by molar-refractivity contribution is -0.149. The molecule has 0 bridgehead atoms. The number of guanidine groups is 1. The van der Waals surface area contributed by atoms with E-state index in [0.29, 0.717) is 13.2 Å². The van der Waals surface area contributed by atoms with Crippen molar-refractivity contribution < 1.29 is 9.53 Å². The maximum Gasteiger partial charge on any atom is 0.310 e. The number of allylic oxidation sites excluding steroid dienone is 1. The van der Waals surface area contributed by atoms with Crippen LogP contribution in [0.15, 0.2) is 16.6 Å². The van der Waals surface area contributed by atoms with Gasteiger partial charge in [-0.1, -0.05) is 11.6 Å². The summed E-state index contributed by atoms with van der Waals surface area (Å²) in [6.07, 6.45) is 10.6. The molecule has 1 unspecified atom stereocenters. The molecule has 1 atom stereocenters. The number of nitrogens with one attached hydrogen (secondary N) is 1. The largest absolute Gasteiger partial charge is 0.466 e. The molecule has 6 heteroatoms. The van der Waals surface area contributed by atoms with Crippen LogP contribution in [0.2, 0.25) is 0 Å². The van der Waals surface area contributed by atoms with Gasteiger partial charge in [-0.2, -0.15) is 0 Å². The molecule has 138 valence electrons. The van der Waals surface area contributed by atoms with E-state index in [1.54, 1.807) is 5.57 Å². The summed E-state index contributed by atoms with van der Waals surface area (Å²) in [6.45, 7) is 4.90. The van der Waals surface area contributed by atoms with Gasteiger partial charge in [0.15, 0.2) is 5.96 Å². The summed E-state index contributed by atoms with van der Waals surface area (Å²) >= 11 is 0.